The molecule has 1 aliphatic rings. The van der Waals surface area contributed by atoms with Gasteiger partial charge in [0.05, 0.1) is 6.54 Å². The van der Waals surface area contributed by atoms with Gasteiger partial charge in [0.2, 0.25) is 0 Å². The molecule has 1 aromatic heterocycles. The molecule has 1 atom stereocenters. The molecule has 0 amide bonds. The van der Waals surface area contributed by atoms with E-state index in [1.54, 1.807) is 16.7 Å². The summed E-state index contributed by atoms with van der Waals surface area (Å²) in [6.45, 7) is 4.56. The number of hydrogen-bond donors (Lipinski definition) is 1. The summed E-state index contributed by atoms with van der Waals surface area (Å²) >= 11 is 1.63. The Morgan fingerprint density at radius 2 is 2.20 bits per heavy atom. The zero-order valence-corrected chi connectivity index (χ0v) is 13.6. The van der Waals surface area contributed by atoms with E-state index in [9.17, 15) is 13.2 Å². The van der Waals surface area contributed by atoms with Gasteiger partial charge in [-0.05, 0) is 19.9 Å². The van der Waals surface area contributed by atoms with Crippen molar-refractivity contribution in [2.24, 2.45) is 0 Å². The number of nitrogens with one attached hydrogen (secondary N) is 1. The van der Waals surface area contributed by atoms with Gasteiger partial charge in [-0.2, -0.15) is 11.8 Å². The van der Waals surface area contributed by atoms with Crippen molar-refractivity contribution >= 4 is 27.4 Å². The minimum atomic E-state index is -3.16. The molecule has 0 aliphatic carbocycles. The molecule has 1 aromatic rings. The Bertz CT molecular complexity index is 607. The van der Waals surface area contributed by atoms with Crippen molar-refractivity contribution < 1.29 is 13.2 Å². The summed E-state index contributed by atoms with van der Waals surface area (Å²) in [6, 6.07) is 1.83. The van der Waals surface area contributed by atoms with Gasteiger partial charge < -0.3 is 4.98 Å². The third-order valence-corrected chi connectivity index (χ3v) is 6.17. The summed E-state index contributed by atoms with van der Waals surface area (Å²) in [6.07, 6.45) is 1.24. The molecule has 1 unspecified atom stereocenters. The van der Waals surface area contributed by atoms with Gasteiger partial charge in [0.15, 0.2) is 15.6 Å². The summed E-state index contributed by atoms with van der Waals surface area (Å²) in [4.78, 5) is 17.2. The maximum absolute atomic E-state index is 12.4. The molecule has 2 heterocycles. The quantitative estimate of drug-likeness (QED) is 0.846. The molecule has 0 bridgehead atoms. The first-order valence-corrected chi connectivity index (χ1v) is 9.60. The van der Waals surface area contributed by atoms with E-state index < -0.39 is 15.2 Å². The Morgan fingerprint density at radius 1 is 1.50 bits per heavy atom. The Morgan fingerprint density at radius 3 is 2.75 bits per heavy atom. The van der Waals surface area contributed by atoms with E-state index in [1.165, 1.54) is 6.26 Å². The Labute approximate surface area is 124 Å². The lowest BCUT2D eigenvalue weighted by atomic mass is 10.1. The molecule has 0 aromatic carbocycles. The van der Waals surface area contributed by atoms with Gasteiger partial charge in [-0.3, -0.25) is 9.69 Å². The standard InChI is InChI=1S/C13H20N2O3S2/c1-9-6-11(10(2)14-9)12(16)7-15-4-5-19-8-13(15)20(3,17)18/h6,13-14H,4-5,7-8H2,1-3H3. The zero-order chi connectivity index (χ0) is 14.9. The van der Waals surface area contributed by atoms with Gasteiger partial charge in [-0.1, -0.05) is 0 Å². The number of H-pyrrole nitrogens is 1. The van der Waals surface area contributed by atoms with Crippen LogP contribution in [0.25, 0.3) is 0 Å². The summed E-state index contributed by atoms with van der Waals surface area (Å²) in [5.41, 5.74) is 2.45. The maximum Gasteiger partial charge on any atom is 0.178 e. The highest BCUT2D eigenvalue weighted by Gasteiger charge is 2.32. The lowest BCUT2D eigenvalue weighted by molar-refractivity contribution is 0.0928. The lowest BCUT2D eigenvalue weighted by Gasteiger charge is -2.33. The molecule has 1 aliphatic heterocycles. The summed E-state index contributed by atoms with van der Waals surface area (Å²) in [7, 11) is -3.16. The highest BCUT2D eigenvalue weighted by atomic mass is 32.2. The van der Waals surface area contributed by atoms with E-state index in [0.29, 0.717) is 17.9 Å². The van der Waals surface area contributed by atoms with Gasteiger partial charge >= 0.3 is 0 Å². The van der Waals surface area contributed by atoms with Crippen LogP contribution in [0.4, 0.5) is 0 Å². The van der Waals surface area contributed by atoms with Crippen molar-refractivity contribution in [3.8, 4) is 0 Å². The van der Waals surface area contributed by atoms with Crippen LogP contribution in [0.15, 0.2) is 6.07 Å². The topological polar surface area (TPSA) is 70.2 Å². The van der Waals surface area contributed by atoms with Crippen molar-refractivity contribution in [2.75, 3.05) is 30.9 Å². The van der Waals surface area contributed by atoms with Crippen molar-refractivity contribution in [1.82, 2.24) is 9.88 Å². The molecule has 2 rings (SSSR count). The highest BCUT2D eigenvalue weighted by molar-refractivity contribution is 8.00. The molecular formula is C13H20N2O3S2. The second-order valence-corrected chi connectivity index (χ2v) is 8.60. The molecule has 1 fully saturated rings. The van der Waals surface area contributed by atoms with Crippen LogP contribution < -0.4 is 0 Å². The van der Waals surface area contributed by atoms with Gasteiger partial charge in [0, 0.05) is 41.3 Å². The lowest BCUT2D eigenvalue weighted by Crippen LogP contribution is -2.48. The molecule has 0 saturated carbocycles. The number of aromatic nitrogens is 1. The van der Waals surface area contributed by atoms with Crippen molar-refractivity contribution in [3.63, 3.8) is 0 Å². The number of carbonyl (C=O) groups excluding carboxylic acids is 1. The van der Waals surface area contributed by atoms with E-state index in [0.717, 1.165) is 17.1 Å². The molecule has 1 saturated heterocycles. The number of hydrogen-bond acceptors (Lipinski definition) is 5. The third kappa shape index (κ3) is 3.45. The fourth-order valence-corrected chi connectivity index (χ4v) is 5.42. The number of thioether (sulfide) groups is 1. The van der Waals surface area contributed by atoms with Crippen LogP contribution in [0.3, 0.4) is 0 Å². The first kappa shape index (κ1) is 15.6. The first-order valence-electron chi connectivity index (χ1n) is 6.49. The number of Topliss-reactive ketones (excluding diaryl/α,β-unsaturated/α-hetero) is 1. The van der Waals surface area contributed by atoms with E-state index in [1.807, 2.05) is 19.9 Å². The van der Waals surface area contributed by atoms with E-state index in [2.05, 4.69) is 4.98 Å². The summed E-state index contributed by atoms with van der Waals surface area (Å²) in [5.74, 6) is 1.38. The monoisotopic (exact) mass is 316 g/mol. The number of aromatic amines is 1. The predicted octanol–water partition coefficient (Wildman–Crippen LogP) is 1.23. The minimum Gasteiger partial charge on any atom is -0.362 e. The van der Waals surface area contributed by atoms with E-state index in [4.69, 9.17) is 0 Å². The Balaban J connectivity index is 2.15. The molecule has 0 spiro atoms. The molecule has 1 N–H and O–H groups in total. The van der Waals surface area contributed by atoms with Gasteiger partial charge in [-0.25, -0.2) is 8.42 Å². The second-order valence-electron chi connectivity index (χ2n) is 5.24. The Kier molecular flexibility index (Phi) is 4.61. The van der Waals surface area contributed by atoms with Gasteiger partial charge in [0.1, 0.15) is 5.37 Å². The third-order valence-electron chi connectivity index (χ3n) is 3.48. The number of aryl methyl sites for hydroxylation is 2. The van der Waals surface area contributed by atoms with Crippen LogP contribution in [0.2, 0.25) is 0 Å². The minimum absolute atomic E-state index is 0.0209. The normalized spacial score (nSPS) is 21.1. The number of carbonyl (C=O) groups is 1. The summed E-state index contributed by atoms with van der Waals surface area (Å²) < 4.78 is 23.6. The summed E-state index contributed by atoms with van der Waals surface area (Å²) in [5, 5.41) is -0.550. The van der Waals surface area contributed by atoms with Gasteiger partial charge in [-0.15, -0.1) is 0 Å². The maximum atomic E-state index is 12.4. The van der Waals surface area contributed by atoms with Crippen molar-refractivity contribution in [3.05, 3.63) is 23.0 Å². The van der Waals surface area contributed by atoms with Crippen LogP contribution in [0, 0.1) is 13.8 Å². The van der Waals surface area contributed by atoms with Crippen LogP contribution in [0.5, 0.6) is 0 Å². The van der Waals surface area contributed by atoms with Crippen molar-refractivity contribution in [1.29, 1.82) is 0 Å². The average molecular weight is 316 g/mol. The average Bonchev–Trinajstić information content (AvgIpc) is 2.68. The molecule has 20 heavy (non-hydrogen) atoms. The van der Waals surface area contributed by atoms with Crippen LogP contribution in [0.1, 0.15) is 21.7 Å². The largest absolute Gasteiger partial charge is 0.362 e. The smallest absolute Gasteiger partial charge is 0.178 e. The van der Waals surface area contributed by atoms with E-state index >= 15 is 0 Å². The molecule has 7 heteroatoms. The Hall–Kier alpha value is -0.790. The predicted molar refractivity (Wildman–Crippen MR) is 82.1 cm³/mol. The molecule has 5 nitrogen and oxygen atoms in total. The van der Waals surface area contributed by atoms with Crippen LogP contribution in [-0.4, -0.2) is 60.3 Å². The van der Waals surface area contributed by atoms with E-state index in [-0.39, 0.29) is 12.3 Å². The fraction of sp³-hybridized carbons (Fsp3) is 0.615. The number of ketones is 1. The van der Waals surface area contributed by atoms with Crippen LogP contribution >= 0.6 is 11.8 Å². The molecule has 0 radical (unpaired) electrons. The first-order chi connectivity index (χ1) is 9.29. The number of sulfone groups is 1. The second kappa shape index (κ2) is 5.91. The van der Waals surface area contributed by atoms with Gasteiger partial charge in [0.25, 0.3) is 0 Å². The van der Waals surface area contributed by atoms with Crippen LogP contribution in [-0.2, 0) is 9.84 Å². The molecule has 112 valence electrons. The highest BCUT2D eigenvalue weighted by Crippen LogP contribution is 2.21. The molecular weight excluding hydrogens is 296 g/mol. The number of nitrogens with zero attached hydrogens (tertiary/aromatic N) is 1. The van der Waals surface area contributed by atoms with Crippen molar-refractivity contribution in [2.45, 2.75) is 19.2 Å². The zero-order valence-electron chi connectivity index (χ0n) is 12.0. The number of rotatable bonds is 4. The SMILES string of the molecule is Cc1cc(C(=O)CN2CCSCC2S(C)(=O)=O)c(C)[nH]1. The fourth-order valence-electron chi connectivity index (χ4n) is 2.47.